The number of anilines is 1. The van der Waals surface area contributed by atoms with Crippen LogP contribution in [-0.4, -0.2) is 37.0 Å². The topological polar surface area (TPSA) is 72.6 Å². The van der Waals surface area contributed by atoms with Gasteiger partial charge in [0.1, 0.15) is 0 Å². The molecule has 104 valence electrons. The summed E-state index contributed by atoms with van der Waals surface area (Å²) < 4.78 is 4.80. The SMILES string of the molecule is CCOC(=O)CCN(C)C(=O)c1cccc(N)c1Cl. The Balaban J connectivity index is 2.67. The van der Waals surface area contributed by atoms with Gasteiger partial charge >= 0.3 is 5.97 Å². The van der Waals surface area contributed by atoms with Crippen molar-refractivity contribution in [2.45, 2.75) is 13.3 Å². The van der Waals surface area contributed by atoms with Crippen LogP contribution in [0.3, 0.4) is 0 Å². The quantitative estimate of drug-likeness (QED) is 0.662. The van der Waals surface area contributed by atoms with Crippen molar-refractivity contribution in [3.05, 3.63) is 28.8 Å². The molecule has 1 amide bonds. The summed E-state index contributed by atoms with van der Waals surface area (Å²) in [5, 5.41) is 0.232. The summed E-state index contributed by atoms with van der Waals surface area (Å²) in [5.74, 6) is -0.609. The average Bonchev–Trinajstić information content (AvgIpc) is 2.38. The van der Waals surface area contributed by atoms with Crippen LogP contribution in [0.4, 0.5) is 5.69 Å². The number of carbonyl (C=O) groups excluding carboxylic acids is 2. The maximum Gasteiger partial charge on any atom is 0.307 e. The second-order valence-corrected chi connectivity index (χ2v) is 4.37. The number of ether oxygens (including phenoxy) is 1. The molecule has 0 radical (unpaired) electrons. The number of carbonyl (C=O) groups is 2. The highest BCUT2D eigenvalue weighted by Crippen LogP contribution is 2.24. The zero-order valence-electron chi connectivity index (χ0n) is 11.0. The molecular formula is C13H17ClN2O3. The van der Waals surface area contributed by atoms with Crippen molar-refractivity contribution in [1.82, 2.24) is 4.90 Å². The Morgan fingerprint density at radius 1 is 1.42 bits per heavy atom. The van der Waals surface area contributed by atoms with Crippen molar-refractivity contribution >= 4 is 29.2 Å². The summed E-state index contributed by atoms with van der Waals surface area (Å²) in [6.07, 6.45) is 0.149. The lowest BCUT2D eigenvalue weighted by molar-refractivity contribution is -0.143. The van der Waals surface area contributed by atoms with Crippen molar-refractivity contribution < 1.29 is 14.3 Å². The van der Waals surface area contributed by atoms with E-state index in [0.29, 0.717) is 17.9 Å². The molecule has 0 heterocycles. The molecule has 0 bridgehead atoms. The minimum Gasteiger partial charge on any atom is -0.466 e. The van der Waals surface area contributed by atoms with E-state index in [-0.39, 0.29) is 29.9 Å². The number of benzene rings is 1. The normalized spacial score (nSPS) is 10.1. The number of rotatable bonds is 5. The summed E-state index contributed by atoms with van der Waals surface area (Å²) in [6.45, 7) is 2.33. The molecule has 0 atom stereocenters. The molecule has 0 saturated heterocycles. The van der Waals surface area contributed by atoms with E-state index in [1.165, 1.54) is 4.90 Å². The number of nitrogens with two attached hydrogens (primary N) is 1. The third-order valence-electron chi connectivity index (χ3n) is 2.56. The summed E-state index contributed by atoms with van der Waals surface area (Å²) in [5.41, 5.74) is 6.32. The minimum atomic E-state index is -0.333. The van der Waals surface area contributed by atoms with Gasteiger partial charge in [0.15, 0.2) is 0 Å². The number of hydrogen-bond acceptors (Lipinski definition) is 4. The van der Waals surface area contributed by atoms with Crippen molar-refractivity contribution in [2.24, 2.45) is 0 Å². The molecule has 0 fully saturated rings. The average molecular weight is 285 g/mol. The number of halogens is 1. The lowest BCUT2D eigenvalue weighted by atomic mass is 10.1. The van der Waals surface area contributed by atoms with E-state index in [9.17, 15) is 9.59 Å². The van der Waals surface area contributed by atoms with Crippen LogP contribution in [-0.2, 0) is 9.53 Å². The van der Waals surface area contributed by atoms with Crippen LogP contribution in [0.5, 0.6) is 0 Å². The van der Waals surface area contributed by atoms with Gasteiger partial charge in [-0.2, -0.15) is 0 Å². The lowest BCUT2D eigenvalue weighted by Gasteiger charge is -2.17. The predicted molar refractivity (Wildman–Crippen MR) is 74.1 cm³/mol. The molecule has 5 nitrogen and oxygen atoms in total. The Bertz CT molecular complexity index is 477. The number of esters is 1. The summed E-state index contributed by atoms with van der Waals surface area (Å²) in [7, 11) is 1.60. The molecule has 0 aliphatic rings. The summed E-state index contributed by atoms with van der Waals surface area (Å²) in [6, 6.07) is 4.88. The largest absolute Gasteiger partial charge is 0.466 e. The molecule has 0 aliphatic heterocycles. The van der Waals surface area contributed by atoms with E-state index in [1.54, 1.807) is 32.2 Å². The summed E-state index contributed by atoms with van der Waals surface area (Å²) >= 11 is 5.98. The van der Waals surface area contributed by atoms with Crippen molar-refractivity contribution in [3.63, 3.8) is 0 Å². The zero-order valence-corrected chi connectivity index (χ0v) is 11.7. The third kappa shape index (κ3) is 4.13. The first-order chi connectivity index (χ1) is 8.97. The Hall–Kier alpha value is -1.75. The van der Waals surface area contributed by atoms with Gasteiger partial charge in [-0.05, 0) is 19.1 Å². The molecule has 1 aromatic rings. The number of amides is 1. The Morgan fingerprint density at radius 2 is 2.11 bits per heavy atom. The van der Waals surface area contributed by atoms with Gasteiger partial charge in [0.2, 0.25) is 0 Å². The Morgan fingerprint density at radius 3 is 2.74 bits per heavy atom. The Labute approximate surface area is 117 Å². The fourth-order valence-electron chi connectivity index (χ4n) is 1.51. The predicted octanol–water partition coefficient (Wildman–Crippen LogP) is 1.95. The van der Waals surface area contributed by atoms with Gasteiger partial charge in [-0.3, -0.25) is 9.59 Å². The van der Waals surface area contributed by atoms with Crippen LogP contribution in [0.2, 0.25) is 5.02 Å². The highest BCUT2D eigenvalue weighted by atomic mass is 35.5. The van der Waals surface area contributed by atoms with Gasteiger partial charge in [0.05, 0.1) is 29.3 Å². The van der Waals surface area contributed by atoms with Crippen LogP contribution >= 0.6 is 11.6 Å². The van der Waals surface area contributed by atoms with E-state index in [1.807, 2.05) is 0 Å². The molecular weight excluding hydrogens is 268 g/mol. The van der Waals surface area contributed by atoms with Gasteiger partial charge in [-0.15, -0.1) is 0 Å². The third-order valence-corrected chi connectivity index (χ3v) is 2.98. The van der Waals surface area contributed by atoms with Gasteiger partial charge in [-0.25, -0.2) is 0 Å². The van der Waals surface area contributed by atoms with Crippen LogP contribution in [0.15, 0.2) is 18.2 Å². The van der Waals surface area contributed by atoms with E-state index in [0.717, 1.165) is 0 Å². The fraction of sp³-hybridized carbons (Fsp3) is 0.385. The van der Waals surface area contributed by atoms with E-state index >= 15 is 0 Å². The lowest BCUT2D eigenvalue weighted by Crippen LogP contribution is -2.29. The monoisotopic (exact) mass is 284 g/mol. The van der Waals surface area contributed by atoms with Crippen LogP contribution in [0, 0.1) is 0 Å². The first-order valence-corrected chi connectivity index (χ1v) is 6.30. The molecule has 0 saturated carbocycles. The van der Waals surface area contributed by atoms with Gasteiger partial charge in [0.25, 0.3) is 5.91 Å². The number of hydrogen-bond donors (Lipinski definition) is 1. The fourth-order valence-corrected chi connectivity index (χ4v) is 1.72. The minimum absolute atomic E-state index is 0.149. The van der Waals surface area contributed by atoms with Crippen LogP contribution < -0.4 is 5.73 Å². The number of nitrogen functional groups attached to an aromatic ring is 1. The molecule has 6 heteroatoms. The van der Waals surface area contributed by atoms with E-state index in [2.05, 4.69) is 0 Å². The molecule has 0 unspecified atom stereocenters. The molecule has 0 aliphatic carbocycles. The van der Waals surface area contributed by atoms with Gasteiger partial charge in [-0.1, -0.05) is 17.7 Å². The maximum atomic E-state index is 12.1. The van der Waals surface area contributed by atoms with Crippen molar-refractivity contribution in [3.8, 4) is 0 Å². The van der Waals surface area contributed by atoms with Crippen molar-refractivity contribution in [2.75, 3.05) is 25.9 Å². The molecule has 0 spiro atoms. The summed E-state index contributed by atoms with van der Waals surface area (Å²) in [4.78, 5) is 24.8. The first-order valence-electron chi connectivity index (χ1n) is 5.92. The smallest absolute Gasteiger partial charge is 0.307 e. The highest BCUT2D eigenvalue weighted by molar-refractivity contribution is 6.36. The standard InChI is InChI=1S/C13H17ClN2O3/c1-3-19-11(17)7-8-16(2)13(18)9-5-4-6-10(15)12(9)14/h4-6H,3,7-8,15H2,1-2H3. The maximum absolute atomic E-state index is 12.1. The molecule has 1 rings (SSSR count). The van der Waals surface area contributed by atoms with E-state index < -0.39 is 0 Å². The Kier molecular flexibility index (Phi) is 5.63. The number of nitrogens with zero attached hydrogens (tertiary/aromatic N) is 1. The van der Waals surface area contributed by atoms with Crippen molar-refractivity contribution in [1.29, 1.82) is 0 Å². The molecule has 2 N–H and O–H groups in total. The molecule has 1 aromatic carbocycles. The second kappa shape index (κ2) is 6.99. The van der Waals surface area contributed by atoms with Crippen LogP contribution in [0.1, 0.15) is 23.7 Å². The second-order valence-electron chi connectivity index (χ2n) is 3.99. The highest BCUT2D eigenvalue weighted by Gasteiger charge is 2.17. The molecule has 0 aromatic heterocycles. The van der Waals surface area contributed by atoms with E-state index in [4.69, 9.17) is 22.1 Å². The van der Waals surface area contributed by atoms with Crippen LogP contribution in [0.25, 0.3) is 0 Å². The van der Waals surface area contributed by atoms with Gasteiger partial charge < -0.3 is 15.4 Å². The first kappa shape index (κ1) is 15.3. The zero-order chi connectivity index (χ0) is 14.4. The molecule has 19 heavy (non-hydrogen) atoms. The van der Waals surface area contributed by atoms with Gasteiger partial charge in [0, 0.05) is 13.6 Å².